The van der Waals surface area contributed by atoms with Gasteiger partial charge in [0.15, 0.2) is 5.13 Å². The van der Waals surface area contributed by atoms with Crippen molar-refractivity contribution in [2.24, 2.45) is 5.92 Å². The maximum absolute atomic E-state index is 13.1. The summed E-state index contributed by atoms with van der Waals surface area (Å²) in [6.45, 7) is 7.42. The molecule has 0 saturated carbocycles. The highest BCUT2D eigenvalue weighted by atomic mass is 32.1. The van der Waals surface area contributed by atoms with Crippen LogP contribution < -0.4 is 15.0 Å². The Morgan fingerprint density at radius 3 is 2.74 bits per heavy atom. The largest absolute Gasteiger partial charge is 0.494 e. The van der Waals surface area contributed by atoms with E-state index in [0.717, 1.165) is 79.5 Å². The van der Waals surface area contributed by atoms with E-state index in [1.165, 1.54) is 5.56 Å². The van der Waals surface area contributed by atoms with Crippen molar-refractivity contribution in [3.8, 4) is 5.75 Å². The van der Waals surface area contributed by atoms with E-state index in [2.05, 4.69) is 51.5 Å². The fourth-order valence-electron chi connectivity index (χ4n) is 5.05. The number of fused-ring (bicyclic) bond motifs is 1. The molecule has 0 radical (unpaired) electrons. The smallest absolute Gasteiger partial charge is 0.225 e. The molecule has 3 heterocycles. The molecule has 1 amide bonds. The van der Waals surface area contributed by atoms with Crippen LogP contribution in [0, 0.1) is 5.92 Å². The zero-order valence-electron chi connectivity index (χ0n) is 19.9. The summed E-state index contributed by atoms with van der Waals surface area (Å²) in [5.74, 6) is 1.13. The molecule has 0 unspecified atom stereocenters. The number of likely N-dealkylation sites (tertiary alicyclic amines) is 1. The molecule has 1 aromatic heterocycles. The van der Waals surface area contributed by atoms with Gasteiger partial charge in [0, 0.05) is 38.8 Å². The summed E-state index contributed by atoms with van der Waals surface area (Å²) >= 11 is 1.69. The molecule has 0 aliphatic carbocycles. The summed E-state index contributed by atoms with van der Waals surface area (Å²) in [5.41, 5.74) is 2.36. The third-order valence-electron chi connectivity index (χ3n) is 6.91. The third kappa shape index (κ3) is 5.53. The second-order valence-corrected chi connectivity index (χ2v) is 10.4. The van der Waals surface area contributed by atoms with Crippen molar-refractivity contribution < 1.29 is 9.53 Å². The molecule has 1 N–H and O–H groups in total. The number of piperidine rings is 2. The van der Waals surface area contributed by atoms with E-state index in [1.807, 2.05) is 19.1 Å². The molecule has 34 heavy (non-hydrogen) atoms. The maximum atomic E-state index is 13.1. The van der Waals surface area contributed by atoms with Gasteiger partial charge in [-0.05, 0) is 56.4 Å². The Kier molecular flexibility index (Phi) is 7.30. The van der Waals surface area contributed by atoms with E-state index in [0.29, 0.717) is 6.61 Å². The van der Waals surface area contributed by atoms with Crippen LogP contribution in [0.1, 0.15) is 38.2 Å². The van der Waals surface area contributed by atoms with Crippen molar-refractivity contribution in [2.45, 2.75) is 45.2 Å². The number of ether oxygens (including phenoxy) is 1. The molecule has 5 rings (SSSR count). The zero-order chi connectivity index (χ0) is 23.3. The molecule has 1 atom stereocenters. The number of carbonyl (C=O) groups excluding carboxylic acids is 1. The third-order valence-corrected chi connectivity index (χ3v) is 7.98. The normalized spacial score (nSPS) is 19.9. The van der Waals surface area contributed by atoms with Crippen LogP contribution in [-0.2, 0) is 11.3 Å². The van der Waals surface area contributed by atoms with Crippen molar-refractivity contribution >= 4 is 32.6 Å². The van der Waals surface area contributed by atoms with Crippen LogP contribution in [-0.4, -0.2) is 54.6 Å². The molecule has 2 aliphatic rings. The van der Waals surface area contributed by atoms with Gasteiger partial charge in [0.25, 0.3) is 0 Å². The second kappa shape index (κ2) is 10.7. The van der Waals surface area contributed by atoms with E-state index >= 15 is 0 Å². The van der Waals surface area contributed by atoms with Gasteiger partial charge >= 0.3 is 0 Å². The Balaban J connectivity index is 1.14. The summed E-state index contributed by atoms with van der Waals surface area (Å²) in [7, 11) is 0. The molecule has 3 aromatic rings. The van der Waals surface area contributed by atoms with Gasteiger partial charge in [-0.1, -0.05) is 41.7 Å². The molecule has 0 bridgehead atoms. The molecule has 7 heteroatoms. The van der Waals surface area contributed by atoms with E-state index < -0.39 is 0 Å². The molecule has 180 valence electrons. The number of nitrogens with one attached hydrogen (secondary N) is 1. The van der Waals surface area contributed by atoms with Crippen molar-refractivity contribution in [3.63, 3.8) is 0 Å². The fraction of sp³-hybridized carbons (Fsp3) is 0.481. The lowest BCUT2D eigenvalue weighted by molar-refractivity contribution is -0.126. The highest BCUT2D eigenvalue weighted by Crippen LogP contribution is 2.33. The Morgan fingerprint density at radius 1 is 1.12 bits per heavy atom. The molecular weight excluding hydrogens is 444 g/mol. The molecule has 2 fully saturated rings. The van der Waals surface area contributed by atoms with Crippen molar-refractivity contribution in [1.29, 1.82) is 0 Å². The minimum absolute atomic E-state index is 0.0297. The number of rotatable bonds is 7. The van der Waals surface area contributed by atoms with Gasteiger partial charge in [0.2, 0.25) is 5.91 Å². The minimum atomic E-state index is 0.0297. The van der Waals surface area contributed by atoms with Gasteiger partial charge in [-0.3, -0.25) is 9.69 Å². The summed E-state index contributed by atoms with van der Waals surface area (Å²) in [6, 6.07) is 17.0. The van der Waals surface area contributed by atoms with Crippen LogP contribution in [0.2, 0.25) is 0 Å². The first-order chi connectivity index (χ1) is 16.7. The maximum Gasteiger partial charge on any atom is 0.225 e. The van der Waals surface area contributed by atoms with Crippen molar-refractivity contribution in [3.05, 3.63) is 54.1 Å². The number of carbonyl (C=O) groups is 1. The average Bonchev–Trinajstić information content (AvgIpc) is 3.30. The zero-order valence-corrected chi connectivity index (χ0v) is 20.7. The van der Waals surface area contributed by atoms with Crippen molar-refractivity contribution in [1.82, 2.24) is 15.2 Å². The fourth-order valence-corrected chi connectivity index (χ4v) is 6.07. The Hall–Kier alpha value is -2.64. The lowest BCUT2D eigenvalue weighted by Gasteiger charge is -2.35. The number of hydrogen-bond donors (Lipinski definition) is 1. The SMILES string of the molecule is CCOc1ccc2nc(N3CCC[C@@H](C(=O)NC4CCN(Cc5ccccc5)CC4)C3)sc2c1. The Bertz CT molecular complexity index is 1090. The van der Waals surface area contributed by atoms with E-state index in [4.69, 9.17) is 9.72 Å². The standard InChI is InChI=1S/C27H34N4O2S/c1-2-33-23-10-11-24-25(17-23)34-27(29-24)31-14-6-9-21(19-31)26(32)28-22-12-15-30(16-13-22)18-20-7-4-3-5-8-20/h3-5,7-8,10-11,17,21-22H,2,6,9,12-16,18-19H2,1H3,(H,28,32)/t21-/m1/s1. The summed E-state index contributed by atoms with van der Waals surface area (Å²) in [6.07, 6.45) is 4.02. The summed E-state index contributed by atoms with van der Waals surface area (Å²) in [4.78, 5) is 22.7. The molecule has 2 aromatic carbocycles. The topological polar surface area (TPSA) is 57.7 Å². The minimum Gasteiger partial charge on any atom is -0.494 e. The molecular formula is C27H34N4O2S. The number of thiazole rings is 1. The van der Waals surface area contributed by atoms with Gasteiger partial charge in [-0.2, -0.15) is 0 Å². The first-order valence-corrected chi connectivity index (χ1v) is 13.3. The van der Waals surface area contributed by atoms with Crippen LogP contribution in [0.15, 0.2) is 48.5 Å². The molecule has 0 spiro atoms. The first-order valence-electron chi connectivity index (χ1n) is 12.5. The highest BCUT2D eigenvalue weighted by Gasteiger charge is 2.29. The summed E-state index contributed by atoms with van der Waals surface area (Å²) in [5, 5.41) is 4.38. The lowest BCUT2D eigenvalue weighted by Crippen LogP contribution is -2.49. The van der Waals surface area contributed by atoms with Crippen LogP contribution >= 0.6 is 11.3 Å². The van der Waals surface area contributed by atoms with Gasteiger partial charge in [-0.15, -0.1) is 0 Å². The first kappa shape index (κ1) is 23.1. The number of hydrogen-bond acceptors (Lipinski definition) is 6. The number of nitrogens with zero attached hydrogens (tertiary/aromatic N) is 3. The number of anilines is 1. The van der Waals surface area contributed by atoms with Crippen LogP contribution in [0.5, 0.6) is 5.75 Å². The van der Waals surface area contributed by atoms with Crippen LogP contribution in [0.3, 0.4) is 0 Å². The highest BCUT2D eigenvalue weighted by molar-refractivity contribution is 7.22. The van der Waals surface area contributed by atoms with Gasteiger partial charge in [-0.25, -0.2) is 4.98 Å². The van der Waals surface area contributed by atoms with E-state index in [9.17, 15) is 4.79 Å². The Labute approximate surface area is 205 Å². The van der Waals surface area contributed by atoms with Gasteiger partial charge in [0.1, 0.15) is 5.75 Å². The van der Waals surface area contributed by atoms with Gasteiger partial charge < -0.3 is 15.0 Å². The van der Waals surface area contributed by atoms with Gasteiger partial charge in [0.05, 0.1) is 22.7 Å². The van der Waals surface area contributed by atoms with E-state index in [1.54, 1.807) is 11.3 Å². The number of aromatic nitrogens is 1. The number of amides is 1. The predicted molar refractivity (Wildman–Crippen MR) is 139 cm³/mol. The van der Waals surface area contributed by atoms with Crippen molar-refractivity contribution in [2.75, 3.05) is 37.7 Å². The molecule has 2 aliphatic heterocycles. The summed E-state index contributed by atoms with van der Waals surface area (Å²) < 4.78 is 6.77. The number of benzene rings is 2. The monoisotopic (exact) mass is 478 g/mol. The quantitative estimate of drug-likeness (QED) is 0.534. The average molecular weight is 479 g/mol. The van der Waals surface area contributed by atoms with Crippen LogP contribution in [0.25, 0.3) is 10.2 Å². The predicted octanol–water partition coefficient (Wildman–Crippen LogP) is 4.69. The lowest BCUT2D eigenvalue weighted by atomic mass is 9.96. The second-order valence-electron chi connectivity index (χ2n) is 9.39. The van der Waals surface area contributed by atoms with E-state index in [-0.39, 0.29) is 17.9 Å². The molecule has 2 saturated heterocycles. The van der Waals surface area contributed by atoms with Crippen LogP contribution in [0.4, 0.5) is 5.13 Å². The Morgan fingerprint density at radius 2 is 1.94 bits per heavy atom. The molecule has 6 nitrogen and oxygen atoms in total.